The molecule has 15 heavy (non-hydrogen) atoms. The minimum absolute atomic E-state index is 0.0571. The van der Waals surface area contributed by atoms with Crippen molar-refractivity contribution in [3.05, 3.63) is 0 Å². The molecule has 0 bridgehead atoms. The SMILES string of the molecule is O=C1NCCCCC1CCCC(F)(F)F. The van der Waals surface area contributed by atoms with Gasteiger partial charge < -0.3 is 5.32 Å². The third-order valence-corrected chi connectivity index (χ3v) is 2.66. The zero-order valence-corrected chi connectivity index (χ0v) is 8.57. The van der Waals surface area contributed by atoms with Gasteiger partial charge in [-0.3, -0.25) is 4.79 Å². The van der Waals surface area contributed by atoms with Gasteiger partial charge in [-0.15, -0.1) is 0 Å². The van der Waals surface area contributed by atoms with Gasteiger partial charge in [-0.25, -0.2) is 0 Å². The lowest BCUT2D eigenvalue weighted by Crippen LogP contribution is -2.29. The van der Waals surface area contributed by atoms with Crippen LogP contribution >= 0.6 is 0 Å². The first-order valence-corrected chi connectivity index (χ1v) is 5.33. The molecule has 0 radical (unpaired) electrons. The molecule has 0 aliphatic carbocycles. The molecule has 0 aromatic rings. The van der Waals surface area contributed by atoms with E-state index >= 15 is 0 Å². The van der Waals surface area contributed by atoms with Crippen molar-refractivity contribution in [3.8, 4) is 0 Å². The molecular weight excluding hydrogens is 207 g/mol. The van der Waals surface area contributed by atoms with Crippen molar-refractivity contribution in [1.29, 1.82) is 0 Å². The third kappa shape index (κ3) is 5.04. The zero-order valence-electron chi connectivity index (χ0n) is 8.57. The number of halogens is 3. The summed E-state index contributed by atoms with van der Waals surface area (Å²) in [7, 11) is 0. The molecule has 0 aromatic heterocycles. The molecule has 1 rings (SSSR count). The maximum atomic E-state index is 11.9. The molecule has 1 heterocycles. The Hall–Kier alpha value is -0.740. The van der Waals surface area contributed by atoms with Gasteiger partial charge in [0.2, 0.25) is 5.91 Å². The predicted molar refractivity (Wildman–Crippen MR) is 50.3 cm³/mol. The summed E-state index contributed by atoms with van der Waals surface area (Å²) in [5, 5.41) is 2.72. The molecule has 1 aliphatic rings. The summed E-state index contributed by atoms with van der Waals surface area (Å²) >= 11 is 0. The topological polar surface area (TPSA) is 29.1 Å². The zero-order chi connectivity index (χ0) is 11.3. The second-order valence-electron chi connectivity index (χ2n) is 3.99. The van der Waals surface area contributed by atoms with Gasteiger partial charge in [0.25, 0.3) is 0 Å². The van der Waals surface area contributed by atoms with Crippen LogP contribution < -0.4 is 5.32 Å². The van der Waals surface area contributed by atoms with Crippen molar-refractivity contribution in [3.63, 3.8) is 0 Å². The Labute approximate surface area is 87.2 Å². The Morgan fingerprint density at radius 2 is 2.07 bits per heavy atom. The van der Waals surface area contributed by atoms with E-state index in [0.29, 0.717) is 13.0 Å². The van der Waals surface area contributed by atoms with Crippen molar-refractivity contribution in [2.24, 2.45) is 5.92 Å². The largest absolute Gasteiger partial charge is 0.389 e. The second-order valence-corrected chi connectivity index (χ2v) is 3.99. The normalized spacial score (nSPS) is 23.4. The Morgan fingerprint density at radius 3 is 2.73 bits per heavy atom. The van der Waals surface area contributed by atoms with E-state index in [2.05, 4.69) is 5.32 Å². The molecule has 1 N–H and O–H groups in total. The molecule has 1 amide bonds. The lowest BCUT2D eigenvalue weighted by atomic mass is 9.96. The van der Waals surface area contributed by atoms with Gasteiger partial charge in [0, 0.05) is 18.9 Å². The number of hydrogen-bond donors (Lipinski definition) is 1. The van der Waals surface area contributed by atoms with Crippen LogP contribution in [0.2, 0.25) is 0 Å². The van der Waals surface area contributed by atoms with Crippen LogP contribution in [0, 0.1) is 5.92 Å². The lowest BCUT2D eigenvalue weighted by Gasteiger charge is -2.13. The highest BCUT2D eigenvalue weighted by Crippen LogP contribution is 2.25. The van der Waals surface area contributed by atoms with E-state index in [1.165, 1.54) is 0 Å². The van der Waals surface area contributed by atoms with Crippen LogP contribution in [-0.4, -0.2) is 18.6 Å². The fourth-order valence-corrected chi connectivity index (χ4v) is 1.83. The average Bonchev–Trinajstić information content (AvgIpc) is 2.30. The Bertz CT molecular complexity index is 215. The summed E-state index contributed by atoms with van der Waals surface area (Å²) in [6.07, 6.45) is -1.88. The van der Waals surface area contributed by atoms with Crippen molar-refractivity contribution >= 4 is 5.91 Å². The molecule has 1 unspecified atom stereocenters. The summed E-state index contributed by atoms with van der Waals surface area (Å²) in [5.41, 5.74) is 0. The van der Waals surface area contributed by atoms with Crippen LogP contribution in [0.5, 0.6) is 0 Å². The Morgan fingerprint density at radius 1 is 1.33 bits per heavy atom. The van der Waals surface area contributed by atoms with Gasteiger partial charge in [0.1, 0.15) is 0 Å². The van der Waals surface area contributed by atoms with Gasteiger partial charge in [-0.1, -0.05) is 6.42 Å². The van der Waals surface area contributed by atoms with Crippen LogP contribution in [0.4, 0.5) is 13.2 Å². The summed E-state index contributed by atoms with van der Waals surface area (Å²) in [4.78, 5) is 11.4. The van der Waals surface area contributed by atoms with E-state index in [1.54, 1.807) is 0 Å². The highest BCUT2D eigenvalue weighted by molar-refractivity contribution is 5.78. The molecule has 0 aromatic carbocycles. The molecule has 1 saturated heterocycles. The summed E-state index contributed by atoms with van der Waals surface area (Å²) in [5.74, 6) is -0.287. The van der Waals surface area contributed by atoms with E-state index < -0.39 is 12.6 Å². The molecule has 0 saturated carbocycles. The first-order chi connectivity index (χ1) is 6.99. The van der Waals surface area contributed by atoms with Crippen LogP contribution in [0.3, 0.4) is 0 Å². The Balaban J connectivity index is 2.27. The predicted octanol–water partition coefficient (Wildman–Crippen LogP) is 2.64. The third-order valence-electron chi connectivity index (χ3n) is 2.66. The van der Waals surface area contributed by atoms with E-state index in [1.807, 2.05) is 0 Å². The fourth-order valence-electron chi connectivity index (χ4n) is 1.83. The molecule has 88 valence electrons. The minimum Gasteiger partial charge on any atom is -0.356 e. The number of hydrogen-bond acceptors (Lipinski definition) is 1. The summed E-state index contributed by atoms with van der Waals surface area (Å²) in [6.45, 7) is 0.661. The van der Waals surface area contributed by atoms with Crippen LogP contribution in [0.15, 0.2) is 0 Å². The van der Waals surface area contributed by atoms with Crippen molar-refractivity contribution in [1.82, 2.24) is 5.32 Å². The molecule has 1 fully saturated rings. The number of amides is 1. The average molecular weight is 223 g/mol. The second kappa shape index (κ2) is 5.37. The molecule has 0 spiro atoms. The first kappa shape index (κ1) is 12.3. The monoisotopic (exact) mass is 223 g/mol. The number of alkyl halides is 3. The standard InChI is InChI=1S/C10H16F3NO/c11-10(12,13)6-3-5-8-4-1-2-7-14-9(8)15/h8H,1-7H2,(H,14,15). The maximum Gasteiger partial charge on any atom is 0.389 e. The van der Waals surface area contributed by atoms with Gasteiger partial charge >= 0.3 is 6.18 Å². The van der Waals surface area contributed by atoms with E-state index in [9.17, 15) is 18.0 Å². The highest BCUT2D eigenvalue weighted by Gasteiger charge is 2.28. The number of nitrogens with one attached hydrogen (secondary N) is 1. The van der Waals surface area contributed by atoms with Crippen molar-refractivity contribution in [2.75, 3.05) is 6.54 Å². The van der Waals surface area contributed by atoms with E-state index in [4.69, 9.17) is 0 Å². The molecule has 2 nitrogen and oxygen atoms in total. The molecular formula is C10H16F3NO. The lowest BCUT2D eigenvalue weighted by molar-refractivity contribution is -0.137. The Kier molecular flexibility index (Phi) is 4.42. The number of carbonyl (C=O) groups is 1. The van der Waals surface area contributed by atoms with Gasteiger partial charge in [-0.2, -0.15) is 13.2 Å². The molecule has 1 atom stereocenters. The highest BCUT2D eigenvalue weighted by atomic mass is 19.4. The van der Waals surface area contributed by atoms with Crippen molar-refractivity contribution < 1.29 is 18.0 Å². The molecule has 1 aliphatic heterocycles. The minimum atomic E-state index is -4.10. The van der Waals surface area contributed by atoms with Crippen LogP contribution in [-0.2, 0) is 4.79 Å². The first-order valence-electron chi connectivity index (χ1n) is 5.33. The molecule has 5 heteroatoms. The summed E-state index contributed by atoms with van der Waals surface area (Å²) in [6, 6.07) is 0. The van der Waals surface area contributed by atoms with Gasteiger partial charge in [-0.05, 0) is 25.7 Å². The number of rotatable bonds is 3. The van der Waals surface area contributed by atoms with Crippen LogP contribution in [0.25, 0.3) is 0 Å². The van der Waals surface area contributed by atoms with E-state index in [0.717, 1.165) is 19.3 Å². The van der Waals surface area contributed by atoms with Gasteiger partial charge in [0.05, 0.1) is 0 Å². The van der Waals surface area contributed by atoms with Gasteiger partial charge in [0.15, 0.2) is 0 Å². The van der Waals surface area contributed by atoms with E-state index in [-0.39, 0.29) is 18.2 Å². The smallest absolute Gasteiger partial charge is 0.356 e. The number of carbonyl (C=O) groups excluding carboxylic acids is 1. The van der Waals surface area contributed by atoms with Crippen molar-refractivity contribution in [2.45, 2.75) is 44.7 Å². The summed E-state index contributed by atoms with van der Waals surface area (Å²) < 4.78 is 35.7. The maximum absolute atomic E-state index is 11.9. The van der Waals surface area contributed by atoms with Crippen LogP contribution in [0.1, 0.15) is 38.5 Å². The quantitative estimate of drug-likeness (QED) is 0.783. The fraction of sp³-hybridized carbons (Fsp3) is 0.900.